The van der Waals surface area contributed by atoms with Gasteiger partial charge in [-0.05, 0) is 24.0 Å². The quantitative estimate of drug-likeness (QED) is 0.590. The molecule has 0 spiro atoms. The molecule has 134 valence electrons. The van der Waals surface area contributed by atoms with Gasteiger partial charge in [-0.2, -0.15) is 0 Å². The number of para-hydroxylation sites is 1. The minimum absolute atomic E-state index is 0.151. The fourth-order valence-electron chi connectivity index (χ4n) is 2.66. The topological polar surface area (TPSA) is 67.4 Å². The van der Waals surface area contributed by atoms with Crippen molar-refractivity contribution in [1.82, 2.24) is 10.9 Å². The summed E-state index contributed by atoms with van der Waals surface area (Å²) < 4.78 is 5.17. The summed E-state index contributed by atoms with van der Waals surface area (Å²) in [6.45, 7) is 8.28. The van der Waals surface area contributed by atoms with E-state index in [0.717, 1.165) is 25.7 Å². The molecule has 2 N–H and O–H groups in total. The Hall–Kier alpha value is -2.04. The Labute approximate surface area is 145 Å². The average Bonchev–Trinajstić information content (AvgIpc) is 2.55. The lowest BCUT2D eigenvalue weighted by Gasteiger charge is -2.29. The van der Waals surface area contributed by atoms with E-state index < -0.39 is 0 Å². The van der Waals surface area contributed by atoms with Gasteiger partial charge in [0, 0.05) is 5.92 Å². The molecule has 1 aromatic rings. The molecule has 24 heavy (non-hydrogen) atoms. The fraction of sp³-hybridized carbons (Fsp3) is 0.579. The lowest BCUT2D eigenvalue weighted by Crippen LogP contribution is -2.47. The van der Waals surface area contributed by atoms with Crippen LogP contribution in [0.25, 0.3) is 0 Å². The first-order valence-corrected chi connectivity index (χ1v) is 8.54. The van der Waals surface area contributed by atoms with Crippen molar-refractivity contribution in [3.8, 4) is 5.75 Å². The van der Waals surface area contributed by atoms with Crippen molar-refractivity contribution in [2.24, 2.45) is 11.3 Å². The van der Waals surface area contributed by atoms with Gasteiger partial charge in [-0.25, -0.2) is 0 Å². The lowest BCUT2D eigenvalue weighted by atomic mass is 9.77. The highest BCUT2D eigenvalue weighted by molar-refractivity contribution is 5.98. The van der Waals surface area contributed by atoms with Crippen LogP contribution in [0.4, 0.5) is 0 Å². The van der Waals surface area contributed by atoms with Crippen LogP contribution in [-0.2, 0) is 4.79 Å². The van der Waals surface area contributed by atoms with Gasteiger partial charge in [0.25, 0.3) is 5.91 Å². The molecule has 1 atom stereocenters. The number of rotatable bonds is 7. The van der Waals surface area contributed by atoms with Crippen LogP contribution in [0, 0.1) is 11.3 Å². The number of benzene rings is 1. The molecular weight excluding hydrogens is 304 g/mol. The minimum Gasteiger partial charge on any atom is -0.496 e. The van der Waals surface area contributed by atoms with Gasteiger partial charge in [0.2, 0.25) is 5.91 Å². The van der Waals surface area contributed by atoms with Crippen LogP contribution in [0.2, 0.25) is 0 Å². The predicted octanol–water partition coefficient (Wildman–Crippen LogP) is 3.70. The average molecular weight is 334 g/mol. The van der Waals surface area contributed by atoms with Gasteiger partial charge in [0.1, 0.15) is 5.75 Å². The molecule has 5 heteroatoms. The number of nitrogens with one attached hydrogen (secondary N) is 2. The molecule has 0 fully saturated rings. The largest absolute Gasteiger partial charge is 0.496 e. The molecule has 0 saturated carbocycles. The van der Waals surface area contributed by atoms with Crippen molar-refractivity contribution < 1.29 is 14.3 Å². The Morgan fingerprint density at radius 3 is 2.38 bits per heavy atom. The summed E-state index contributed by atoms with van der Waals surface area (Å²) >= 11 is 0. The number of amides is 2. The molecule has 0 aliphatic rings. The number of carbonyl (C=O) groups is 2. The Morgan fingerprint density at radius 1 is 1.12 bits per heavy atom. The van der Waals surface area contributed by atoms with Crippen LogP contribution in [0.15, 0.2) is 24.3 Å². The Bertz CT molecular complexity index is 550. The molecule has 0 heterocycles. The number of unbranched alkanes of at least 4 members (excludes halogenated alkanes) is 2. The SMILES string of the molecule is CCCCCC(C(=O)NNC(=O)c1ccccc1OC)C(C)(C)C. The van der Waals surface area contributed by atoms with E-state index in [2.05, 4.69) is 17.8 Å². The molecule has 1 rings (SSSR count). The molecule has 1 aromatic carbocycles. The van der Waals surface area contributed by atoms with Crippen LogP contribution in [-0.4, -0.2) is 18.9 Å². The summed E-state index contributed by atoms with van der Waals surface area (Å²) in [6, 6.07) is 6.90. The van der Waals surface area contributed by atoms with Crippen LogP contribution in [0.5, 0.6) is 5.75 Å². The highest BCUT2D eigenvalue weighted by atomic mass is 16.5. The van der Waals surface area contributed by atoms with Crippen LogP contribution >= 0.6 is 0 Å². The second kappa shape index (κ2) is 9.30. The molecule has 0 saturated heterocycles. The highest BCUT2D eigenvalue weighted by Gasteiger charge is 2.31. The molecule has 2 amide bonds. The van der Waals surface area contributed by atoms with Crippen LogP contribution in [0.3, 0.4) is 0 Å². The first-order valence-electron chi connectivity index (χ1n) is 8.54. The molecule has 0 aliphatic carbocycles. The first-order chi connectivity index (χ1) is 11.3. The van der Waals surface area contributed by atoms with E-state index in [0.29, 0.717) is 11.3 Å². The Balaban J connectivity index is 2.69. The third-order valence-corrected chi connectivity index (χ3v) is 4.11. The Morgan fingerprint density at radius 2 is 1.79 bits per heavy atom. The summed E-state index contributed by atoms with van der Waals surface area (Å²) in [6.07, 6.45) is 4.04. The fourth-order valence-corrected chi connectivity index (χ4v) is 2.66. The van der Waals surface area contributed by atoms with Gasteiger partial charge in [-0.1, -0.05) is 59.1 Å². The summed E-state index contributed by atoms with van der Waals surface area (Å²) in [4.78, 5) is 24.8. The van der Waals surface area contributed by atoms with Crippen molar-refractivity contribution in [3.63, 3.8) is 0 Å². The van der Waals surface area contributed by atoms with Gasteiger partial charge >= 0.3 is 0 Å². The molecule has 0 aromatic heterocycles. The van der Waals surface area contributed by atoms with Gasteiger partial charge in [-0.3, -0.25) is 20.4 Å². The molecule has 1 unspecified atom stereocenters. The van der Waals surface area contributed by atoms with E-state index in [-0.39, 0.29) is 23.1 Å². The van der Waals surface area contributed by atoms with Gasteiger partial charge < -0.3 is 4.74 Å². The second-order valence-corrected chi connectivity index (χ2v) is 7.06. The maximum Gasteiger partial charge on any atom is 0.273 e. The first kappa shape index (κ1) is 20.0. The normalized spacial score (nSPS) is 12.4. The summed E-state index contributed by atoms with van der Waals surface area (Å²) in [5, 5.41) is 0. The number of hydrogen-bond donors (Lipinski definition) is 2. The van der Waals surface area contributed by atoms with Crippen LogP contribution in [0.1, 0.15) is 63.7 Å². The van der Waals surface area contributed by atoms with E-state index in [1.165, 1.54) is 7.11 Å². The zero-order chi connectivity index (χ0) is 18.2. The second-order valence-electron chi connectivity index (χ2n) is 7.06. The summed E-state index contributed by atoms with van der Waals surface area (Å²) in [5.41, 5.74) is 5.30. The van der Waals surface area contributed by atoms with Crippen molar-refractivity contribution in [2.75, 3.05) is 7.11 Å². The zero-order valence-corrected chi connectivity index (χ0v) is 15.4. The van der Waals surface area contributed by atoms with Gasteiger partial charge in [0.15, 0.2) is 0 Å². The molecule has 0 radical (unpaired) electrons. The third kappa shape index (κ3) is 5.87. The number of hydrazine groups is 1. The van der Waals surface area contributed by atoms with E-state index in [1.54, 1.807) is 24.3 Å². The maximum atomic E-state index is 12.5. The maximum absolute atomic E-state index is 12.5. The molecule has 0 bridgehead atoms. The monoisotopic (exact) mass is 334 g/mol. The van der Waals surface area contributed by atoms with Crippen molar-refractivity contribution in [2.45, 2.75) is 53.4 Å². The minimum atomic E-state index is -0.387. The van der Waals surface area contributed by atoms with Gasteiger partial charge in [0.05, 0.1) is 12.7 Å². The predicted molar refractivity (Wildman–Crippen MR) is 95.7 cm³/mol. The number of methoxy groups -OCH3 is 1. The zero-order valence-electron chi connectivity index (χ0n) is 15.4. The number of hydrogen-bond acceptors (Lipinski definition) is 3. The summed E-state index contributed by atoms with van der Waals surface area (Å²) in [7, 11) is 1.51. The van der Waals surface area contributed by atoms with E-state index in [1.807, 2.05) is 20.8 Å². The van der Waals surface area contributed by atoms with Crippen molar-refractivity contribution in [3.05, 3.63) is 29.8 Å². The van der Waals surface area contributed by atoms with Crippen LogP contribution < -0.4 is 15.6 Å². The van der Waals surface area contributed by atoms with Gasteiger partial charge in [-0.15, -0.1) is 0 Å². The number of carbonyl (C=O) groups excluding carboxylic acids is 2. The van der Waals surface area contributed by atoms with Crippen molar-refractivity contribution in [1.29, 1.82) is 0 Å². The molecule has 0 aliphatic heterocycles. The van der Waals surface area contributed by atoms with E-state index >= 15 is 0 Å². The highest BCUT2D eigenvalue weighted by Crippen LogP contribution is 2.30. The number of ether oxygens (including phenoxy) is 1. The lowest BCUT2D eigenvalue weighted by molar-refractivity contribution is -0.129. The van der Waals surface area contributed by atoms with Crippen molar-refractivity contribution >= 4 is 11.8 Å². The standard InChI is InChI=1S/C19H30N2O3/c1-6-7-8-12-15(19(2,3)4)18(23)21-20-17(22)14-11-9-10-13-16(14)24-5/h9-11,13,15H,6-8,12H2,1-5H3,(H,20,22)(H,21,23). The Kier molecular flexibility index (Phi) is 7.75. The van der Waals surface area contributed by atoms with E-state index in [4.69, 9.17) is 4.74 Å². The molecule has 5 nitrogen and oxygen atoms in total. The summed E-state index contributed by atoms with van der Waals surface area (Å²) in [5.74, 6) is -0.217. The third-order valence-electron chi connectivity index (χ3n) is 4.11. The van der Waals surface area contributed by atoms with E-state index in [9.17, 15) is 9.59 Å². The smallest absolute Gasteiger partial charge is 0.273 e. The molecular formula is C19H30N2O3.